The highest BCUT2D eigenvalue weighted by Gasteiger charge is 2.07. The topological polar surface area (TPSA) is 94.8 Å². The Morgan fingerprint density at radius 1 is 1.07 bits per heavy atom. The lowest BCUT2D eigenvalue weighted by Crippen LogP contribution is -1.96. The SMILES string of the molecule is O=S(=O)(O)c1ccc(Cl)cc1.OCCO. The average Bonchev–Trinajstić information content (AvgIpc) is 2.17. The lowest BCUT2D eigenvalue weighted by atomic mass is 10.4. The van der Waals surface area contributed by atoms with Crippen LogP contribution in [0.5, 0.6) is 0 Å². The van der Waals surface area contributed by atoms with Gasteiger partial charge in [0.25, 0.3) is 10.1 Å². The molecule has 1 aromatic rings. The first kappa shape index (κ1) is 14.3. The van der Waals surface area contributed by atoms with Gasteiger partial charge < -0.3 is 10.2 Å². The molecule has 7 heteroatoms. The first-order valence-corrected chi connectivity index (χ1v) is 5.68. The Labute approximate surface area is 92.7 Å². The number of hydrogen-bond donors (Lipinski definition) is 3. The summed E-state index contributed by atoms with van der Waals surface area (Å²) in [6, 6.07) is 5.25. The Hall–Kier alpha value is -0.660. The highest BCUT2D eigenvalue weighted by atomic mass is 35.5. The van der Waals surface area contributed by atoms with Gasteiger partial charge in [0.2, 0.25) is 0 Å². The zero-order chi connectivity index (χ0) is 11.9. The molecular weight excluding hydrogens is 244 g/mol. The molecule has 0 aromatic heterocycles. The van der Waals surface area contributed by atoms with Crippen molar-refractivity contribution in [2.45, 2.75) is 4.90 Å². The molecule has 15 heavy (non-hydrogen) atoms. The van der Waals surface area contributed by atoms with E-state index in [9.17, 15) is 8.42 Å². The Morgan fingerprint density at radius 2 is 1.47 bits per heavy atom. The minimum Gasteiger partial charge on any atom is -0.394 e. The predicted octanol–water partition coefficient (Wildman–Crippen LogP) is 0.558. The second kappa shape index (κ2) is 6.76. The van der Waals surface area contributed by atoms with Crippen LogP contribution in [0, 0.1) is 0 Å². The van der Waals surface area contributed by atoms with Crippen molar-refractivity contribution in [2.75, 3.05) is 13.2 Å². The lowest BCUT2D eigenvalue weighted by molar-refractivity contribution is 0.186. The van der Waals surface area contributed by atoms with Crippen LogP contribution in [0.2, 0.25) is 5.02 Å². The molecule has 0 spiro atoms. The third-order valence-corrected chi connectivity index (χ3v) is 2.33. The van der Waals surface area contributed by atoms with Crippen LogP contribution in [0.4, 0.5) is 0 Å². The fourth-order valence-electron chi connectivity index (χ4n) is 0.607. The van der Waals surface area contributed by atoms with Crippen LogP contribution in [0.1, 0.15) is 0 Å². The maximum absolute atomic E-state index is 10.5. The van der Waals surface area contributed by atoms with Crippen molar-refractivity contribution in [1.82, 2.24) is 0 Å². The highest BCUT2D eigenvalue weighted by Crippen LogP contribution is 2.12. The van der Waals surface area contributed by atoms with Crippen molar-refractivity contribution in [1.29, 1.82) is 0 Å². The van der Waals surface area contributed by atoms with Gasteiger partial charge in [-0.1, -0.05) is 11.6 Å². The Morgan fingerprint density at radius 3 is 1.73 bits per heavy atom. The van der Waals surface area contributed by atoms with Crippen molar-refractivity contribution < 1.29 is 23.2 Å². The number of halogens is 1. The molecule has 0 bridgehead atoms. The van der Waals surface area contributed by atoms with E-state index >= 15 is 0 Å². The Balaban J connectivity index is 0.000000423. The van der Waals surface area contributed by atoms with E-state index < -0.39 is 10.1 Å². The van der Waals surface area contributed by atoms with Gasteiger partial charge in [-0.3, -0.25) is 4.55 Å². The zero-order valence-electron chi connectivity index (χ0n) is 7.67. The second-order valence-electron chi connectivity index (χ2n) is 2.38. The van der Waals surface area contributed by atoms with Gasteiger partial charge in [-0.05, 0) is 24.3 Å². The normalized spacial score (nSPS) is 10.4. The molecule has 0 atom stereocenters. The molecule has 0 radical (unpaired) electrons. The third kappa shape index (κ3) is 6.43. The summed E-state index contributed by atoms with van der Waals surface area (Å²) in [6.45, 7) is -0.250. The van der Waals surface area contributed by atoms with Gasteiger partial charge in [0.05, 0.1) is 18.1 Å². The molecule has 1 rings (SSSR count). The van der Waals surface area contributed by atoms with E-state index in [0.717, 1.165) is 0 Å². The molecule has 86 valence electrons. The van der Waals surface area contributed by atoms with Crippen LogP contribution in [0.25, 0.3) is 0 Å². The van der Waals surface area contributed by atoms with Crippen LogP contribution in [0.15, 0.2) is 29.2 Å². The van der Waals surface area contributed by atoms with Crippen LogP contribution in [-0.4, -0.2) is 36.4 Å². The number of hydrogen-bond acceptors (Lipinski definition) is 4. The standard InChI is InChI=1S/C6H5ClO3S.C2H6O2/c7-5-1-3-6(4-2-5)11(8,9)10;3-1-2-4/h1-4H,(H,8,9,10);3-4H,1-2H2. The molecule has 0 saturated heterocycles. The lowest BCUT2D eigenvalue weighted by Gasteiger charge is -1.94. The molecule has 5 nitrogen and oxygen atoms in total. The van der Waals surface area contributed by atoms with E-state index in [-0.39, 0.29) is 18.1 Å². The Kier molecular flexibility index (Phi) is 6.46. The molecule has 0 unspecified atom stereocenters. The average molecular weight is 255 g/mol. The zero-order valence-corrected chi connectivity index (χ0v) is 9.24. The summed E-state index contributed by atoms with van der Waals surface area (Å²) in [4.78, 5) is -0.151. The number of aliphatic hydroxyl groups excluding tert-OH is 2. The minimum absolute atomic E-state index is 0.125. The molecule has 0 amide bonds. The second-order valence-corrected chi connectivity index (χ2v) is 4.23. The van der Waals surface area contributed by atoms with Crippen molar-refractivity contribution in [2.24, 2.45) is 0 Å². The molecule has 1 aromatic carbocycles. The first-order valence-electron chi connectivity index (χ1n) is 3.86. The van der Waals surface area contributed by atoms with Gasteiger partial charge in [0.1, 0.15) is 0 Å². The van der Waals surface area contributed by atoms with E-state index in [1.165, 1.54) is 24.3 Å². The van der Waals surface area contributed by atoms with Gasteiger partial charge in [-0.25, -0.2) is 0 Å². The minimum atomic E-state index is -4.08. The quantitative estimate of drug-likeness (QED) is 0.671. The summed E-state index contributed by atoms with van der Waals surface area (Å²) in [6.07, 6.45) is 0. The van der Waals surface area contributed by atoms with Crippen LogP contribution < -0.4 is 0 Å². The summed E-state index contributed by atoms with van der Waals surface area (Å²) in [5.41, 5.74) is 0. The summed E-state index contributed by atoms with van der Waals surface area (Å²) in [7, 11) is -4.08. The number of aliphatic hydroxyl groups is 2. The van der Waals surface area contributed by atoms with Gasteiger partial charge in [0, 0.05) is 5.02 Å². The van der Waals surface area contributed by atoms with E-state index in [4.69, 9.17) is 26.4 Å². The third-order valence-electron chi connectivity index (χ3n) is 1.21. The molecule has 0 aliphatic rings. The summed E-state index contributed by atoms with van der Waals surface area (Å²) in [5, 5.41) is 15.7. The molecule has 0 saturated carbocycles. The maximum atomic E-state index is 10.5. The monoisotopic (exact) mass is 254 g/mol. The van der Waals surface area contributed by atoms with Gasteiger partial charge in [0.15, 0.2) is 0 Å². The molecule has 0 heterocycles. The summed E-state index contributed by atoms with van der Waals surface area (Å²) >= 11 is 5.49. The largest absolute Gasteiger partial charge is 0.394 e. The van der Waals surface area contributed by atoms with Crippen LogP contribution in [0.3, 0.4) is 0 Å². The molecule has 0 aliphatic carbocycles. The Bertz CT molecular complexity index is 371. The predicted molar refractivity (Wildman–Crippen MR) is 55.4 cm³/mol. The van der Waals surface area contributed by atoms with Gasteiger partial charge in [-0.15, -0.1) is 0 Å². The fourth-order valence-corrected chi connectivity index (χ4v) is 1.21. The van der Waals surface area contributed by atoms with Crippen molar-refractivity contribution in [3.8, 4) is 0 Å². The molecule has 0 fully saturated rings. The molecular formula is C8H11ClO5S. The fraction of sp³-hybridized carbons (Fsp3) is 0.250. The first-order chi connectivity index (χ1) is 6.91. The number of benzene rings is 1. The van der Waals surface area contributed by atoms with Crippen LogP contribution >= 0.6 is 11.6 Å². The van der Waals surface area contributed by atoms with Crippen molar-refractivity contribution >= 4 is 21.7 Å². The van der Waals surface area contributed by atoms with E-state index in [1.54, 1.807) is 0 Å². The van der Waals surface area contributed by atoms with Crippen molar-refractivity contribution in [3.05, 3.63) is 29.3 Å². The van der Waals surface area contributed by atoms with E-state index in [2.05, 4.69) is 0 Å². The van der Waals surface area contributed by atoms with E-state index in [1.807, 2.05) is 0 Å². The molecule has 0 aliphatic heterocycles. The van der Waals surface area contributed by atoms with E-state index in [0.29, 0.717) is 5.02 Å². The van der Waals surface area contributed by atoms with Gasteiger partial charge in [-0.2, -0.15) is 8.42 Å². The maximum Gasteiger partial charge on any atom is 0.294 e. The molecule has 3 N–H and O–H groups in total. The van der Waals surface area contributed by atoms with Crippen LogP contribution in [-0.2, 0) is 10.1 Å². The van der Waals surface area contributed by atoms with Gasteiger partial charge >= 0.3 is 0 Å². The summed E-state index contributed by atoms with van der Waals surface area (Å²) in [5.74, 6) is 0. The summed E-state index contributed by atoms with van der Waals surface area (Å²) < 4.78 is 29.4. The number of rotatable bonds is 2. The highest BCUT2D eigenvalue weighted by molar-refractivity contribution is 7.85. The smallest absolute Gasteiger partial charge is 0.294 e. The van der Waals surface area contributed by atoms with Crippen molar-refractivity contribution in [3.63, 3.8) is 0 Å².